The maximum atomic E-state index is 13.8. The first-order valence-electron chi connectivity index (χ1n) is 10.4. The van der Waals surface area contributed by atoms with Crippen LogP contribution in [0.1, 0.15) is 30.4 Å². The monoisotopic (exact) mass is 452 g/mol. The zero-order chi connectivity index (χ0) is 24.1. The van der Waals surface area contributed by atoms with Gasteiger partial charge in [-0.2, -0.15) is 13.2 Å². The summed E-state index contributed by atoms with van der Waals surface area (Å²) in [5.74, 6) is -1.65. The van der Waals surface area contributed by atoms with Crippen LogP contribution in [-0.4, -0.2) is 61.3 Å². The molecule has 176 valence electrons. The Morgan fingerprint density at radius 2 is 2.03 bits per heavy atom. The van der Waals surface area contributed by atoms with Gasteiger partial charge >= 0.3 is 6.18 Å². The SMILES string of the molecule is C=CN=C(N=C)C(CC(=O)NCC(Cc1ccc(O)cc1C)N(C)C)C1(C(F)(F)F)CC1. The molecule has 1 aromatic rings. The van der Waals surface area contributed by atoms with Crippen LogP contribution in [0.2, 0.25) is 0 Å². The maximum absolute atomic E-state index is 13.8. The lowest BCUT2D eigenvalue weighted by Gasteiger charge is -2.29. The topological polar surface area (TPSA) is 77.3 Å². The number of nitrogens with one attached hydrogen (secondary N) is 1. The first-order valence-corrected chi connectivity index (χ1v) is 10.4. The fourth-order valence-corrected chi connectivity index (χ4v) is 3.92. The second kappa shape index (κ2) is 10.3. The van der Waals surface area contributed by atoms with E-state index >= 15 is 0 Å². The summed E-state index contributed by atoms with van der Waals surface area (Å²) >= 11 is 0. The number of phenolic OH excluding ortho intramolecular Hbond substituents is 1. The first-order chi connectivity index (χ1) is 14.9. The molecule has 0 saturated heterocycles. The summed E-state index contributed by atoms with van der Waals surface area (Å²) in [7, 11) is 3.74. The number of rotatable bonds is 10. The Morgan fingerprint density at radius 3 is 2.50 bits per heavy atom. The Balaban J connectivity index is 2.12. The highest BCUT2D eigenvalue weighted by molar-refractivity contribution is 5.93. The van der Waals surface area contributed by atoms with Gasteiger partial charge in [-0.3, -0.25) is 4.79 Å². The van der Waals surface area contributed by atoms with E-state index in [1.165, 1.54) is 0 Å². The number of hydrogen-bond donors (Lipinski definition) is 2. The summed E-state index contributed by atoms with van der Waals surface area (Å²) in [6, 6.07) is 5.01. The van der Waals surface area contributed by atoms with Crippen LogP contribution in [-0.2, 0) is 11.2 Å². The van der Waals surface area contributed by atoms with Crippen molar-refractivity contribution in [2.24, 2.45) is 21.3 Å². The van der Waals surface area contributed by atoms with Crippen molar-refractivity contribution in [3.63, 3.8) is 0 Å². The normalized spacial score (nSPS) is 17.5. The third kappa shape index (κ3) is 5.97. The highest BCUT2D eigenvalue weighted by Gasteiger charge is 2.68. The fraction of sp³-hybridized carbons (Fsp3) is 0.522. The Bertz CT molecular complexity index is 876. The smallest absolute Gasteiger partial charge is 0.395 e. The Labute approximate surface area is 186 Å². The Kier molecular flexibility index (Phi) is 8.23. The zero-order valence-corrected chi connectivity index (χ0v) is 18.7. The van der Waals surface area contributed by atoms with Crippen LogP contribution in [0.15, 0.2) is 41.0 Å². The molecule has 0 spiro atoms. The molecular formula is C23H31F3N4O2. The van der Waals surface area contributed by atoms with Gasteiger partial charge in [-0.1, -0.05) is 12.6 Å². The van der Waals surface area contributed by atoms with E-state index in [0.717, 1.165) is 17.3 Å². The lowest BCUT2D eigenvalue weighted by atomic mass is 9.84. The predicted octanol–water partition coefficient (Wildman–Crippen LogP) is 3.88. The molecule has 1 aromatic carbocycles. The van der Waals surface area contributed by atoms with Gasteiger partial charge in [-0.05, 0) is 70.3 Å². The molecule has 9 heteroatoms. The molecule has 0 aromatic heterocycles. The van der Waals surface area contributed by atoms with E-state index in [4.69, 9.17) is 0 Å². The van der Waals surface area contributed by atoms with Crippen molar-refractivity contribution >= 4 is 18.5 Å². The number of carbonyl (C=O) groups excluding carboxylic acids is 1. The number of amides is 1. The van der Waals surface area contributed by atoms with Gasteiger partial charge in [-0.15, -0.1) is 0 Å². The van der Waals surface area contributed by atoms with Crippen LogP contribution in [0.5, 0.6) is 5.75 Å². The average Bonchev–Trinajstić information content (AvgIpc) is 3.51. The standard InChI is InChI=1S/C23H31F3N4O2/c1-6-28-21(27-3)19(22(9-10-22)23(24,25)26)13-20(32)29-14-17(30(4)5)12-16-7-8-18(31)11-15(16)2/h6-8,11,17,19,31H,1,3,9-10,12-14H2,2,4-5H3,(H,29,32). The second-order valence-electron chi connectivity index (χ2n) is 8.48. The second-order valence-corrected chi connectivity index (χ2v) is 8.48. The minimum Gasteiger partial charge on any atom is -0.508 e. The molecule has 1 fully saturated rings. The van der Waals surface area contributed by atoms with Crippen molar-refractivity contribution in [2.45, 2.75) is 44.8 Å². The van der Waals surface area contributed by atoms with E-state index < -0.39 is 23.4 Å². The average molecular weight is 453 g/mol. The van der Waals surface area contributed by atoms with Gasteiger partial charge in [0.15, 0.2) is 0 Å². The van der Waals surface area contributed by atoms with Gasteiger partial charge in [0.05, 0.1) is 5.41 Å². The van der Waals surface area contributed by atoms with Crippen LogP contribution in [0.4, 0.5) is 13.2 Å². The number of likely N-dealkylation sites (N-methyl/N-ethyl adjacent to an activating group) is 1. The lowest BCUT2D eigenvalue weighted by molar-refractivity contribution is -0.196. The third-order valence-corrected chi connectivity index (χ3v) is 6.15. The summed E-state index contributed by atoms with van der Waals surface area (Å²) < 4.78 is 41.3. The number of carbonyl (C=O) groups is 1. The van der Waals surface area contributed by atoms with Gasteiger partial charge in [-0.25, -0.2) is 9.98 Å². The van der Waals surface area contributed by atoms with Gasteiger partial charge in [0.25, 0.3) is 0 Å². The molecule has 1 saturated carbocycles. The molecule has 0 heterocycles. The molecule has 32 heavy (non-hydrogen) atoms. The number of aromatic hydroxyl groups is 1. The van der Waals surface area contributed by atoms with Crippen molar-refractivity contribution in [3.8, 4) is 5.75 Å². The number of benzene rings is 1. The number of halogens is 3. The molecule has 1 aliphatic rings. The molecule has 1 amide bonds. The van der Waals surface area contributed by atoms with Crippen molar-refractivity contribution < 1.29 is 23.1 Å². The molecular weight excluding hydrogens is 421 g/mol. The van der Waals surface area contributed by atoms with E-state index in [-0.39, 0.29) is 43.4 Å². The van der Waals surface area contributed by atoms with E-state index in [9.17, 15) is 23.1 Å². The number of phenols is 1. The minimum absolute atomic E-state index is 0.0689. The highest BCUT2D eigenvalue weighted by atomic mass is 19.4. The Morgan fingerprint density at radius 1 is 1.38 bits per heavy atom. The van der Waals surface area contributed by atoms with Gasteiger partial charge in [0.1, 0.15) is 11.6 Å². The Hall–Kier alpha value is -2.68. The van der Waals surface area contributed by atoms with E-state index in [2.05, 4.69) is 28.6 Å². The molecule has 2 unspecified atom stereocenters. The molecule has 0 bridgehead atoms. The van der Waals surface area contributed by atoms with Gasteiger partial charge < -0.3 is 15.3 Å². The van der Waals surface area contributed by atoms with E-state index in [1.54, 1.807) is 12.1 Å². The molecule has 2 rings (SSSR count). The van der Waals surface area contributed by atoms with Crippen molar-refractivity contribution in [3.05, 3.63) is 42.1 Å². The summed E-state index contributed by atoms with van der Waals surface area (Å²) in [5.41, 5.74) is -0.0670. The van der Waals surface area contributed by atoms with Gasteiger partial charge in [0.2, 0.25) is 5.91 Å². The quantitative estimate of drug-likeness (QED) is 0.418. The van der Waals surface area contributed by atoms with Crippen LogP contribution in [0.3, 0.4) is 0 Å². The molecule has 6 nitrogen and oxygen atoms in total. The molecule has 0 radical (unpaired) electrons. The van der Waals surface area contributed by atoms with Crippen molar-refractivity contribution in [2.75, 3.05) is 20.6 Å². The number of amidine groups is 1. The van der Waals surface area contributed by atoms with Crippen LogP contribution in [0, 0.1) is 18.3 Å². The number of hydrogen-bond acceptors (Lipinski definition) is 4. The fourth-order valence-electron chi connectivity index (χ4n) is 3.92. The largest absolute Gasteiger partial charge is 0.508 e. The van der Waals surface area contributed by atoms with Crippen LogP contribution >= 0.6 is 0 Å². The molecule has 0 aliphatic heterocycles. The van der Waals surface area contributed by atoms with Gasteiger partial charge in [0, 0.05) is 31.1 Å². The van der Waals surface area contributed by atoms with E-state index in [1.807, 2.05) is 32.0 Å². The third-order valence-electron chi connectivity index (χ3n) is 6.15. The summed E-state index contributed by atoms with van der Waals surface area (Å²) in [6.45, 7) is 8.91. The van der Waals surface area contributed by atoms with Crippen molar-refractivity contribution in [1.82, 2.24) is 10.2 Å². The lowest BCUT2D eigenvalue weighted by Crippen LogP contribution is -2.44. The number of aryl methyl sites for hydroxylation is 1. The molecule has 1 aliphatic carbocycles. The van der Waals surface area contributed by atoms with Crippen LogP contribution in [0.25, 0.3) is 0 Å². The molecule has 2 atom stereocenters. The first kappa shape index (κ1) is 25.6. The molecule has 2 N–H and O–H groups in total. The number of alkyl halides is 3. The zero-order valence-electron chi connectivity index (χ0n) is 18.7. The summed E-state index contributed by atoms with van der Waals surface area (Å²) in [6.07, 6.45) is -3.27. The highest BCUT2D eigenvalue weighted by Crippen LogP contribution is 2.63. The van der Waals surface area contributed by atoms with Crippen LogP contribution < -0.4 is 5.32 Å². The van der Waals surface area contributed by atoms with E-state index in [0.29, 0.717) is 6.42 Å². The minimum atomic E-state index is -4.47. The predicted molar refractivity (Wildman–Crippen MR) is 120 cm³/mol. The van der Waals surface area contributed by atoms with Crippen molar-refractivity contribution in [1.29, 1.82) is 0 Å². The number of nitrogens with zero attached hydrogens (tertiary/aromatic N) is 3. The summed E-state index contributed by atoms with van der Waals surface area (Å²) in [4.78, 5) is 22.2. The number of aliphatic imine (C=N–C) groups is 2. The maximum Gasteiger partial charge on any atom is 0.395 e. The summed E-state index contributed by atoms with van der Waals surface area (Å²) in [5, 5.41) is 12.4.